The van der Waals surface area contributed by atoms with Crippen LogP contribution in [0.3, 0.4) is 0 Å². The molecule has 7 heteroatoms. The Kier molecular flexibility index (Phi) is 4.11. The van der Waals surface area contributed by atoms with E-state index >= 15 is 0 Å². The average molecular weight is 293 g/mol. The number of ether oxygens (including phenoxy) is 1. The highest BCUT2D eigenvalue weighted by Crippen LogP contribution is 2.24. The molecule has 2 heterocycles. The smallest absolute Gasteiger partial charge is 0.332 e. The first-order valence-corrected chi connectivity index (χ1v) is 6.88. The van der Waals surface area contributed by atoms with Gasteiger partial charge in [-0.05, 0) is 13.3 Å². The van der Waals surface area contributed by atoms with Gasteiger partial charge in [0.1, 0.15) is 5.82 Å². The number of hydrogen-bond donors (Lipinski definition) is 0. The summed E-state index contributed by atoms with van der Waals surface area (Å²) < 4.78 is 7.40. The van der Waals surface area contributed by atoms with Gasteiger partial charge in [-0.25, -0.2) is 9.79 Å². The molecule has 0 bridgehead atoms. The zero-order chi connectivity index (χ0) is 15.7. The predicted molar refractivity (Wildman–Crippen MR) is 78.1 cm³/mol. The normalized spacial score (nSPS) is 14.6. The monoisotopic (exact) mass is 293 g/mol. The van der Waals surface area contributed by atoms with E-state index in [-0.39, 0.29) is 17.4 Å². The zero-order valence-electron chi connectivity index (χ0n) is 12.7. The molecule has 1 aliphatic heterocycles. The van der Waals surface area contributed by atoms with Crippen LogP contribution in [-0.4, -0.2) is 27.4 Å². The van der Waals surface area contributed by atoms with Gasteiger partial charge in [0, 0.05) is 26.2 Å². The van der Waals surface area contributed by atoms with E-state index in [4.69, 9.17) is 4.74 Å². The number of aliphatic imine (C=N–C) groups is 1. The van der Waals surface area contributed by atoms with Crippen LogP contribution in [0.1, 0.15) is 25.8 Å². The molecule has 0 aromatic carbocycles. The Morgan fingerprint density at radius 1 is 1.33 bits per heavy atom. The summed E-state index contributed by atoms with van der Waals surface area (Å²) >= 11 is 0. The molecule has 0 spiro atoms. The molecule has 114 valence electrons. The molecule has 7 nitrogen and oxygen atoms in total. The molecule has 0 aliphatic carbocycles. The second-order valence-corrected chi connectivity index (χ2v) is 5.22. The van der Waals surface area contributed by atoms with Crippen molar-refractivity contribution in [3.8, 4) is 0 Å². The molecule has 21 heavy (non-hydrogen) atoms. The van der Waals surface area contributed by atoms with Crippen LogP contribution in [0.15, 0.2) is 14.6 Å². The van der Waals surface area contributed by atoms with Crippen LogP contribution in [0.25, 0.3) is 0 Å². The molecule has 1 aromatic rings. The minimum absolute atomic E-state index is 0.280. The standard InChI is InChI=1S/C14H19N3O4/c1-5-21-13(19)8(2)6-9-7-10-11(15-9)16(3)14(20)17(4)12(10)18/h8H,5-7H2,1-4H3. The van der Waals surface area contributed by atoms with Crippen molar-refractivity contribution in [1.82, 2.24) is 9.13 Å². The maximum atomic E-state index is 12.1. The Morgan fingerprint density at radius 3 is 2.62 bits per heavy atom. The molecule has 1 aromatic heterocycles. The third kappa shape index (κ3) is 2.68. The molecule has 0 radical (unpaired) electrons. The third-order valence-corrected chi connectivity index (χ3v) is 3.60. The molecule has 0 saturated heterocycles. The summed E-state index contributed by atoms with van der Waals surface area (Å²) in [5.41, 5.74) is 0.507. The molecule has 0 N–H and O–H groups in total. The highest BCUT2D eigenvalue weighted by Gasteiger charge is 2.25. The summed E-state index contributed by atoms with van der Waals surface area (Å²) in [5.74, 6) is -0.203. The van der Waals surface area contributed by atoms with Crippen molar-refractivity contribution in [1.29, 1.82) is 0 Å². The number of carbonyl (C=O) groups excluding carboxylic acids is 1. The van der Waals surface area contributed by atoms with Crippen LogP contribution in [0.5, 0.6) is 0 Å². The van der Waals surface area contributed by atoms with Crippen molar-refractivity contribution in [2.75, 3.05) is 6.61 Å². The fraction of sp³-hybridized carbons (Fsp3) is 0.571. The molecule has 0 fully saturated rings. The molecule has 2 rings (SSSR count). The fourth-order valence-corrected chi connectivity index (χ4v) is 2.43. The Balaban J connectivity index is 2.27. The van der Waals surface area contributed by atoms with Gasteiger partial charge in [0.05, 0.1) is 18.1 Å². The zero-order valence-corrected chi connectivity index (χ0v) is 12.7. The van der Waals surface area contributed by atoms with Crippen LogP contribution < -0.4 is 11.2 Å². The van der Waals surface area contributed by atoms with E-state index in [1.807, 2.05) is 0 Å². The molecular weight excluding hydrogens is 274 g/mol. The maximum Gasteiger partial charge on any atom is 0.332 e. The Labute approximate surface area is 121 Å². The molecule has 1 unspecified atom stereocenters. The number of aromatic nitrogens is 2. The summed E-state index contributed by atoms with van der Waals surface area (Å²) in [7, 11) is 3.03. The lowest BCUT2D eigenvalue weighted by Gasteiger charge is -2.09. The van der Waals surface area contributed by atoms with E-state index in [2.05, 4.69) is 4.99 Å². The molecular formula is C14H19N3O4. The van der Waals surface area contributed by atoms with Gasteiger partial charge >= 0.3 is 11.7 Å². The van der Waals surface area contributed by atoms with Gasteiger partial charge in [0.2, 0.25) is 0 Å². The summed E-state index contributed by atoms with van der Waals surface area (Å²) in [5, 5.41) is 0. The van der Waals surface area contributed by atoms with E-state index < -0.39 is 5.69 Å². The topological polar surface area (TPSA) is 82.7 Å². The maximum absolute atomic E-state index is 12.1. The second kappa shape index (κ2) is 5.67. The Hall–Kier alpha value is -2.18. The van der Waals surface area contributed by atoms with E-state index in [0.29, 0.717) is 30.8 Å². The van der Waals surface area contributed by atoms with E-state index in [1.54, 1.807) is 20.9 Å². The van der Waals surface area contributed by atoms with Crippen LogP contribution in [0.4, 0.5) is 5.82 Å². The Bertz CT molecular complexity index is 727. The van der Waals surface area contributed by atoms with Crippen LogP contribution in [0, 0.1) is 5.92 Å². The summed E-state index contributed by atoms with van der Waals surface area (Å²) in [6, 6.07) is 0. The van der Waals surface area contributed by atoms with Gasteiger partial charge in [-0.2, -0.15) is 0 Å². The average Bonchev–Trinajstić information content (AvgIpc) is 2.87. The molecule has 0 amide bonds. The summed E-state index contributed by atoms with van der Waals surface area (Å²) in [6.07, 6.45) is 0.796. The predicted octanol–water partition coefficient (Wildman–Crippen LogP) is 0.302. The SMILES string of the molecule is CCOC(=O)C(C)CC1=Nc2c(c(=O)n(C)c(=O)n2C)C1. The van der Waals surface area contributed by atoms with E-state index in [0.717, 1.165) is 10.3 Å². The lowest BCUT2D eigenvalue weighted by molar-refractivity contribution is -0.147. The highest BCUT2D eigenvalue weighted by molar-refractivity contribution is 5.95. The van der Waals surface area contributed by atoms with Crippen molar-refractivity contribution < 1.29 is 9.53 Å². The van der Waals surface area contributed by atoms with Crippen LogP contribution in [0.2, 0.25) is 0 Å². The van der Waals surface area contributed by atoms with Crippen molar-refractivity contribution in [3.63, 3.8) is 0 Å². The number of carbonyl (C=O) groups is 1. The van der Waals surface area contributed by atoms with Gasteiger partial charge in [0.25, 0.3) is 5.56 Å². The van der Waals surface area contributed by atoms with Gasteiger partial charge in [-0.15, -0.1) is 0 Å². The molecule has 1 aliphatic rings. The molecule has 0 saturated carbocycles. The van der Waals surface area contributed by atoms with Gasteiger partial charge in [-0.3, -0.25) is 18.7 Å². The number of fused-ring (bicyclic) bond motifs is 1. The molecule has 1 atom stereocenters. The minimum Gasteiger partial charge on any atom is -0.466 e. The second-order valence-electron chi connectivity index (χ2n) is 5.22. The van der Waals surface area contributed by atoms with Gasteiger partial charge in [-0.1, -0.05) is 6.92 Å². The number of esters is 1. The highest BCUT2D eigenvalue weighted by atomic mass is 16.5. The van der Waals surface area contributed by atoms with Gasteiger partial charge in [0.15, 0.2) is 0 Å². The van der Waals surface area contributed by atoms with Crippen molar-refractivity contribution in [3.05, 3.63) is 26.4 Å². The minimum atomic E-state index is -0.401. The number of nitrogens with zero attached hydrogens (tertiary/aromatic N) is 3. The first-order valence-electron chi connectivity index (χ1n) is 6.88. The third-order valence-electron chi connectivity index (χ3n) is 3.60. The first-order chi connectivity index (χ1) is 9.86. The van der Waals surface area contributed by atoms with Crippen LogP contribution >= 0.6 is 0 Å². The lowest BCUT2D eigenvalue weighted by atomic mass is 10.0. The number of hydrogen-bond acceptors (Lipinski definition) is 5. The van der Waals surface area contributed by atoms with Gasteiger partial charge < -0.3 is 4.74 Å². The van der Waals surface area contributed by atoms with Crippen molar-refractivity contribution in [2.45, 2.75) is 26.7 Å². The largest absolute Gasteiger partial charge is 0.466 e. The number of rotatable bonds is 4. The fourth-order valence-electron chi connectivity index (χ4n) is 2.43. The van der Waals surface area contributed by atoms with E-state index in [9.17, 15) is 14.4 Å². The van der Waals surface area contributed by atoms with E-state index in [1.165, 1.54) is 11.6 Å². The lowest BCUT2D eigenvalue weighted by Crippen LogP contribution is -2.38. The first kappa shape index (κ1) is 15.2. The quantitative estimate of drug-likeness (QED) is 0.748. The Morgan fingerprint density at radius 2 is 2.00 bits per heavy atom. The summed E-state index contributed by atoms with van der Waals surface area (Å²) in [6.45, 7) is 3.86. The van der Waals surface area contributed by atoms with Crippen LogP contribution in [-0.2, 0) is 30.0 Å². The van der Waals surface area contributed by atoms with Crippen molar-refractivity contribution >= 4 is 17.5 Å². The van der Waals surface area contributed by atoms with Crippen molar-refractivity contribution in [2.24, 2.45) is 25.0 Å². The summed E-state index contributed by atoms with van der Waals surface area (Å²) in [4.78, 5) is 39.9.